The van der Waals surface area contributed by atoms with E-state index in [1.54, 1.807) is 30.1 Å². The number of rotatable bonds is 5. The Bertz CT molecular complexity index is 1050. The van der Waals surface area contributed by atoms with Crippen molar-refractivity contribution in [2.45, 2.75) is 21.1 Å². The Morgan fingerprint density at radius 2 is 1.81 bits per heavy atom. The summed E-state index contributed by atoms with van der Waals surface area (Å²) in [6.07, 6.45) is -3.07. The highest BCUT2D eigenvalue weighted by molar-refractivity contribution is 7.99. The molecule has 0 saturated carbocycles. The molecule has 142 valence electrons. The molecular formula is C16H13F3N4O2S2. The second-order valence-corrected chi connectivity index (χ2v) is 8.21. The molecule has 1 N–H and O–H groups in total. The molecule has 0 amide bonds. The fourth-order valence-corrected chi connectivity index (χ4v) is 3.98. The molecule has 0 radical (unpaired) electrons. The summed E-state index contributed by atoms with van der Waals surface area (Å²) in [5.74, 6) is 0. The van der Waals surface area contributed by atoms with Gasteiger partial charge in [0, 0.05) is 17.6 Å². The van der Waals surface area contributed by atoms with Crippen molar-refractivity contribution in [2.24, 2.45) is 7.05 Å². The maximum absolute atomic E-state index is 12.8. The van der Waals surface area contributed by atoms with Crippen LogP contribution in [-0.2, 0) is 23.2 Å². The molecular weight excluding hydrogens is 401 g/mol. The lowest BCUT2D eigenvalue weighted by Gasteiger charge is -2.11. The van der Waals surface area contributed by atoms with Crippen LogP contribution in [-0.4, -0.2) is 23.2 Å². The topological polar surface area (TPSA) is 76.9 Å². The van der Waals surface area contributed by atoms with Gasteiger partial charge in [0.1, 0.15) is 6.33 Å². The van der Waals surface area contributed by atoms with Gasteiger partial charge >= 0.3 is 6.18 Å². The minimum atomic E-state index is -4.62. The molecule has 11 heteroatoms. The van der Waals surface area contributed by atoms with Crippen LogP contribution in [0.2, 0.25) is 0 Å². The van der Waals surface area contributed by atoms with Crippen LogP contribution in [0.1, 0.15) is 5.56 Å². The zero-order valence-electron chi connectivity index (χ0n) is 13.8. The molecule has 0 unspecified atom stereocenters. The van der Waals surface area contributed by atoms with Crippen molar-refractivity contribution in [3.8, 4) is 0 Å². The van der Waals surface area contributed by atoms with Gasteiger partial charge in [0.2, 0.25) is 0 Å². The predicted molar refractivity (Wildman–Crippen MR) is 93.8 cm³/mol. The first-order chi connectivity index (χ1) is 12.6. The zero-order valence-corrected chi connectivity index (χ0v) is 15.4. The number of nitrogens with one attached hydrogen (secondary N) is 1. The van der Waals surface area contributed by atoms with E-state index in [1.807, 2.05) is 0 Å². The highest BCUT2D eigenvalue weighted by Crippen LogP contribution is 2.31. The van der Waals surface area contributed by atoms with Gasteiger partial charge in [-0.2, -0.15) is 13.2 Å². The van der Waals surface area contributed by atoms with E-state index in [4.69, 9.17) is 0 Å². The van der Waals surface area contributed by atoms with E-state index in [-0.39, 0.29) is 5.69 Å². The minimum absolute atomic E-state index is 0.231. The van der Waals surface area contributed by atoms with Gasteiger partial charge in [0.15, 0.2) is 5.16 Å². The van der Waals surface area contributed by atoms with E-state index >= 15 is 0 Å². The summed E-state index contributed by atoms with van der Waals surface area (Å²) in [5, 5.41) is 8.35. The fourth-order valence-electron chi connectivity index (χ4n) is 2.12. The Labute approximate surface area is 157 Å². The first kappa shape index (κ1) is 19.2. The third-order valence-electron chi connectivity index (χ3n) is 3.46. The van der Waals surface area contributed by atoms with Crippen molar-refractivity contribution in [1.29, 1.82) is 0 Å². The second-order valence-electron chi connectivity index (χ2n) is 5.48. The molecule has 0 fully saturated rings. The maximum atomic E-state index is 12.8. The molecule has 0 aliphatic heterocycles. The van der Waals surface area contributed by atoms with Gasteiger partial charge in [-0.1, -0.05) is 6.07 Å². The standard InChI is InChI=1S/C16H13F3N4O2S2/c1-23-10-20-21-15(23)26-13-7-5-12(6-8-13)22-27(24,25)14-4-2-3-11(9-14)16(17,18)19/h2-10,22H,1H3. The average Bonchev–Trinajstić information content (AvgIpc) is 3.01. The Morgan fingerprint density at radius 1 is 1.11 bits per heavy atom. The van der Waals surface area contributed by atoms with Crippen LogP contribution in [0.25, 0.3) is 0 Å². The van der Waals surface area contributed by atoms with Crippen molar-refractivity contribution >= 4 is 27.5 Å². The normalized spacial score (nSPS) is 12.1. The Balaban J connectivity index is 1.77. The summed E-state index contributed by atoms with van der Waals surface area (Å²) in [7, 11) is -2.36. The number of hydrogen-bond acceptors (Lipinski definition) is 5. The van der Waals surface area contributed by atoms with Gasteiger partial charge < -0.3 is 4.57 Å². The van der Waals surface area contributed by atoms with Crippen LogP contribution in [0, 0.1) is 0 Å². The van der Waals surface area contributed by atoms with Crippen LogP contribution < -0.4 is 4.72 Å². The van der Waals surface area contributed by atoms with E-state index in [9.17, 15) is 21.6 Å². The molecule has 0 bridgehead atoms. The van der Waals surface area contributed by atoms with Crippen molar-refractivity contribution < 1.29 is 21.6 Å². The number of anilines is 1. The molecule has 0 atom stereocenters. The van der Waals surface area contributed by atoms with Gasteiger partial charge in [-0.05, 0) is 54.2 Å². The molecule has 6 nitrogen and oxygen atoms in total. The van der Waals surface area contributed by atoms with Gasteiger partial charge in [-0.25, -0.2) is 8.42 Å². The third-order valence-corrected chi connectivity index (χ3v) is 5.90. The monoisotopic (exact) mass is 414 g/mol. The lowest BCUT2D eigenvalue weighted by atomic mass is 10.2. The Hall–Kier alpha value is -2.53. The summed E-state index contributed by atoms with van der Waals surface area (Å²) < 4.78 is 67.1. The summed E-state index contributed by atoms with van der Waals surface area (Å²) in [6.45, 7) is 0. The quantitative estimate of drug-likeness (QED) is 0.688. The maximum Gasteiger partial charge on any atom is 0.416 e. The van der Waals surface area contributed by atoms with Gasteiger partial charge in [-0.15, -0.1) is 10.2 Å². The molecule has 3 aromatic rings. The summed E-state index contributed by atoms with van der Waals surface area (Å²) >= 11 is 1.34. The van der Waals surface area contributed by atoms with E-state index in [1.165, 1.54) is 23.9 Å². The molecule has 27 heavy (non-hydrogen) atoms. The number of halogens is 3. The number of alkyl halides is 3. The summed E-state index contributed by atoms with van der Waals surface area (Å²) in [4.78, 5) is 0.336. The number of sulfonamides is 1. The molecule has 0 spiro atoms. The lowest BCUT2D eigenvalue weighted by Crippen LogP contribution is -2.14. The summed E-state index contributed by atoms with van der Waals surface area (Å²) in [6, 6.07) is 9.95. The van der Waals surface area contributed by atoms with Crippen LogP contribution >= 0.6 is 11.8 Å². The van der Waals surface area contributed by atoms with Crippen molar-refractivity contribution in [1.82, 2.24) is 14.8 Å². The fraction of sp³-hybridized carbons (Fsp3) is 0.125. The predicted octanol–water partition coefficient (Wildman–Crippen LogP) is 3.79. The van der Waals surface area contributed by atoms with Crippen LogP contribution in [0.4, 0.5) is 18.9 Å². The second kappa shape index (κ2) is 7.24. The Morgan fingerprint density at radius 3 is 2.41 bits per heavy atom. The van der Waals surface area contributed by atoms with E-state index < -0.39 is 26.7 Å². The SMILES string of the molecule is Cn1cnnc1Sc1ccc(NS(=O)(=O)c2cccc(C(F)(F)F)c2)cc1. The number of aryl methyl sites for hydroxylation is 1. The van der Waals surface area contributed by atoms with Gasteiger partial charge in [0.05, 0.1) is 10.5 Å². The molecule has 0 aliphatic rings. The van der Waals surface area contributed by atoms with Crippen LogP contribution in [0.15, 0.2) is 69.8 Å². The highest BCUT2D eigenvalue weighted by atomic mass is 32.2. The lowest BCUT2D eigenvalue weighted by molar-refractivity contribution is -0.137. The molecule has 1 aromatic heterocycles. The molecule has 3 rings (SSSR count). The van der Waals surface area contributed by atoms with E-state index in [0.29, 0.717) is 11.2 Å². The largest absolute Gasteiger partial charge is 0.416 e. The van der Waals surface area contributed by atoms with Crippen molar-refractivity contribution in [3.63, 3.8) is 0 Å². The highest BCUT2D eigenvalue weighted by Gasteiger charge is 2.31. The number of hydrogen-bond donors (Lipinski definition) is 1. The Kier molecular flexibility index (Phi) is 5.16. The minimum Gasteiger partial charge on any atom is -0.311 e. The molecule has 0 saturated heterocycles. The smallest absolute Gasteiger partial charge is 0.311 e. The van der Waals surface area contributed by atoms with Crippen molar-refractivity contribution in [2.75, 3.05) is 4.72 Å². The molecule has 2 aromatic carbocycles. The molecule has 1 heterocycles. The van der Waals surface area contributed by atoms with Crippen molar-refractivity contribution in [3.05, 3.63) is 60.4 Å². The summed E-state index contributed by atoms with van der Waals surface area (Å²) in [5.41, 5.74) is -0.796. The van der Waals surface area contributed by atoms with Gasteiger partial charge in [0.25, 0.3) is 10.0 Å². The first-order valence-electron chi connectivity index (χ1n) is 7.47. The average molecular weight is 414 g/mol. The molecule has 0 aliphatic carbocycles. The number of benzene rings is 2. The van der Waals surface area contributed by atoms with E-state index in [2.05, 4.69) is 14.9 Å². The van der Waals surface area contributed by atoms with Gasteiger partial charge in [-0.3, -0.25) is 4.72 Å². The zero-order chi connectivity index (χ0) is 19.7. The number of nitrogens with zero attached hydrogens (tertiary/aromatic N) is 3. The third kappa shape index (κ3) is 4.61. The van der Waals surface area contributed by atoms with Crippen LogP contribution in [0.5, 0.6) is 0 Å². The van der Waals surface area contributed by atoms with E-state index in [0.717, 1.165) is 23.1 Å². The number of aromatic nitrogens is 3. The van der Waals surface area contributed by atoms with Crippen LogP contribution in [0.3, 0.4) is 0 Å². The first-order valence-corrected chi connectivity index (χ1v) is 9.77.